The molecule has 0 radical (unpaired) electrons. The topological polar surface area (TPSA) is 81.9 Å². The lowest BCUT2D eigenvalue weighted by molar-refractivity contribution is 0.568. The maximum absolute atomic E-state index is 14.5. The fourth-order valence-electron chi connectivity index (χ4n) is 3.07. The molecule has 0 N–H and O–H groups in total. The van der Waals surface area contributed by atoms with Crippen molar-refractivity contribution in [2.45, 2.75) is 5.16 Å². The van der Waals surface area contributed by atoms with Crippen LogP contribution in [0.5, 0.6) is 0 Å². The number of rotatable bonds is 3. The number of benzene rings is 2. The lowest BCUT2D eigenvalue weighted by atomic mass is 10.1. The lowest BCUT2D eigenvalue weighted by Gasteiger charge is -2.14. The normalized spacial score (nSPS) is 11.8. The van der Waals surface area contributed by atoms with Crippen LogP contribution < -0.4 is 5.56 Å². The maximum atomic E-state index is 14.5. The molecule has 0 aliphatic heterocycles. The molecule has 0 unspecified atom stereocenters. The van der Waals surface area contributed by atoms with Gasteiger partial charge in [-0.25, -0.2) is 26.6 Å². The Bertz CT molecular complexity index is 1520. The van der Waals surface area contributed by atoms with Crippen LogP contribution in [0, 0.1) is 17.5 Å². The van der Waals surface area contributed by atoms with Crippen LogP contribution in [0.1, 0.15) is 0 Å². The Kier molecular flexibility index (Phi) is 5.06. The monoisotopic (exact) mass is 465 g/mol. The Morgan fingerprint density at radius 2 is 1.65 bits per heavy atom. The number of hydrogen-bond donors (Lipinski definition) is 0. The molecule has 4 rings (SSSR count). The third-order valence-electron chi connectivity index (χ3n) is 4.41. The number of aromatic nitrogens is 3. The summed E-state index contributed by atoms with van der Waals surface area (Å²) < 4.78 is 67.6. The minimum Gasteiger partial charge on any atom is -0.269 e. The fourth-order valence-corrected chi connectivity index (χ4v) is 3.83. The second-order valence-electron chi connectivity index (χ2n) is 6.57. The van der Waals surface area contributed by atoms with Crippen LogP contribution in [0.3, 0.4) is 0 Å². The van der Waals surface area contributed by atoms with Gasteiger partial charge < -0.3 is 0 Å². The van der Waals surface area contributed by atoms with E-state index in [-0.39, 0.29) is 27.3 Å². The highest BCUT2D eigenvalue weighted by Gasteiger charge is 2.23. The summed E-state index contributed by atoms with van der Waals surface area (Å²) in [4.78, 5) is 20.5. The highest BCUT2D eigenvalue weighted by molar-refractivity contribution is 7.90. The molecule has 158 valence electrons. The largest absolute Gasteiger partial charge is 0.269 e. The van der Waals surface area contributed by atoms with Gasteiger partial charge in [-0.3, -0.25) is 9.36 Å². The molecule has 0 spiro atoms. The zero-order valence-corrected chi connectivity index (χ0v) is 17.2. The molecule has 0 aliphatic carbocycles. The Hall–Kier alpha value is -3.24. The van der Waals surface area contributed by atoms with Crippen LogP contribution in [0.15, 0.2) is 58.5 Å². The summed E-state index contributed by atoms with van der Waals surface area (Å²) in [7, 11) is -4.02. The fraction of sp³-hybridized carbons (Fsp3) is 0.0500. The molecule has 2 aromatic carbocycles. The highest BCUT2D eigenvalue weighted by Crippen LogP contribution is 2.33. The Morgan fingerprint density at radius 3 is 2.26 bits per heavy atom. The van der Waals surface area contributed by atoms with Crippen molar-refractivity contribution < 1.29 is 21.6 Å². The molecule has 6 nitrogen and oxygen atoms in total. The zero-order chi connectivity index (χ0) is 22.5. The summed E-state index contributed by atoms with van der Waals surface area (Å²) in [5.74, 6) is -2.76. The van der Waals surface area contributed by atoms with Gasteiger partial charge in [-0.1, -0.05) is 17.7 Å². The van der Waals surface area contributed by atoms with Crippen molar-refractivity contribution in [2.75, 3.05) is 6.26 Å². The molecule has 11 heteroatoms. The van der Waals surface area contributed by atoms with Gasteiger partial charge in [0.1, 0.15) is 23.1 Å². The van der Waals surface area contributed by atoms with E-state index in [9.17, 15) is 26.4 Å². The second-order valence-corrected chi connectivity index (χ2v) is 8.88. The summed E-state index contributed by atoms with van der Waals surface area (Å²) >= 11 is 6.13. The quantitative estimate of drug-likeness (QED) is 0.428. The van der Waals surface area contributed by atoms with Crippen molar-refractivity contribution in [3.05, 3.63) is 81.4 Å². The first-order valence-electron chi connectivity index (χ1n) is 8.61. The van der Waals surface area contributed by atoms with Crippen LogP contribution in [-0.2, 0) is 9.84 Å². The van der Waals surface area contributed by atoms with E-state index in [1.165, 1.54) is 12.1 Å². The minimum atomic E-state index is -4.02. The van der Waals surface area contributed by atoms with Gasteiger partial charge in [0.05, 0.1) is 10.7 Å². The van der Waals surface area contributed by atoms with Gasteiger partial charge in [-0.05, 0) is 36.4 Å². The summed E-state index contributed by atoms with van der Waals surface area (Å²) in [6, 6.07) is 8.65. The number of hydrogen-bond acceptors (Lipinski definition) is 5. The van der Waals surface area contributed by atoms with E-state index in [0.29, 0.717) is 4.57 Å². The SMILES string of the molecule is CS(=O)(=O)c1nc(-c2ccc(F)cc2Cl)c2ccc(=O)n(-c3c(F)cccc3F)c2n1. The van der Waals surface area contributed by atoms with Gasteiger partial charge in [0.25, 0.3) is 5.56 Å². The van der Waals surface area contributed by atoms with Crippen LogP contribution in [0.4, 0.5) is 13.2 Å². The molecule has 31 heavy (non-hydrogen) atoms. The van der Waals surface area contributed by atoms with Crippen molar-refractivity contribution in [1.29, 1.82) is 0 Å². The van der Waals surface area contributed by atoms with Gasteiger partial charge in [-0.15, -0.1) is 0 Å². The molecule has 0 saturated carbocycles. The molecule has 4 aromatic rings. The third kappa shape index (κ3) is 3.68. The van der Waals surface area contributed by atoms with E-state index >= 15 is 0 Å². The minimum absolute atomic E-state index is 0.0547. The standard InChI is InChI=1S/C20H11ClF3N3O3S/c1-31(29,30)20-25-17(11-6-5-10(22)9-13(11)21)12-7-8-16(28)27(19(12)26-20)18-14(23)3-2-4-15(18)24/h2-9H,1H3. The molecule has 0 aliphatic rings. The van der Waals surface area contributed by atoms with Crippen LogP contribution >= 0.6 is 11.6 Å². The maximum Gasteiger partial charge on any atom is 0.256 e. The van der Waals surface area contributed by atoms with E-state index in [4.69, 9.17) is 11.6 Å². The number of nitrogens with zero attached hydrogens (tertiary/aromatic N) is 3. The molecule has 0 fully saturated rings. The molecule has 0 saturated heterocycles. The van der Waals surface area contributed by atoms with Crippen LogP contribution in [0.2, 0.25) is 5.02 Å². The third-order valence-corrected chi connectivity index (χ3v) is 5.57. The second kappa shape index (κ2) is 7.47. The molecular formula is C20H11ClF3N3O3S. The number of fused-ring (bicyclic) bond motifs is 1. The highest BCUT2D eigenvalue weighted by atomic mass is 35.5. The first-order chi connectivity index (χ1) is 14.6. The van der Waals surface area contributed by atoms with Gasteiger partial charge >= 0.3 is 0 Å². The Labute approximate surface area is 178 Å². The smallest absolute Gasteiger partial charge is 0.256 e. The lowest BCUT2D eigenvalue weighted by Crippen LogP contribution is -2.22. The number of sulfone groups is 1. The van der Waals surface area contributed by atoms with E-state index in [0.717, 1.165) is 42.7 Å². The molecule has 2 aromatic heterocycles. The number of para-hydroxylation sites is 1. The predicted molar refractivity (Wildman–Crippen MR) is 109 cm³/mol. The molecule has 0 bridgehead atoms. The van der Waals surface area contributed by atoms with Crippen molar-refractivity contribution in [3.8, 4) is 16.9 Å². The van der Waals surface area contributed by atoms with Gasteiger partial charge in [0.2, 0.25) is 15.0 Å². The van der Waals surface area contributed by atoms with E-state index in [2.05, 4.69) is 9.97 Å². The van der Waals surface area contributed by atoms with Gasteiger partial charge in [-0.2, -0.15) is 4.98 Å². The van der Waals surface area contributed by atoms with Gasteiger partial charge in [0, 0.05) is 23.3 Å². The summed E-state index contributed by atoms with van der Waals surface area (Å²) in [5, 5.41) is -0.719. The molecular weight excluding hydrogens is 455 g/mol. The summed E-state index contributed by atoms with van der Waals surface area (Å²) in [5.41, 5.74) is -1.86. The first kappa shape index (κ1) is 21.0. The van der Waals surface area contributed by atoms with E-state index in [1.54, 1.807) is 0 Å². The van der Waals surface area contributed by atoms with Gasteiger partial charge in [0.15, 0.2) is 5.65 Å². The number of pyridine rings is 1. The van der Waals surface area contributed by atoms with Crippen molar-refractivity contribution in [3.63, 3.8) is 0 Å². The average Bonchev–Trinajstić information content (AvgIpc) is 2.68. The van der Waals surface area contributed by atoms with E-state index < -0.39 is 43.7 Å². The van der Waals surface area contributed by atoms with Crippen LogP contribution in [0.25, 0.3) is 28.0 Å². The molecule has 0 amide bonds. The summed E-state index contributed by atoms with van der Waals surface area (Å²) in [6.07, 6.45) is 0.833. The van der Waals surface area contributed by atoms with Crippen LogP contribution in [-0.4, -0.2) is 29.2 Å². The van der Waals surface area contributed by atoms with E-state index in [1.807, 2.05) is 0 Å². The number of halogens is 4. The Balaban J connectivity index is 2.23. The Morgan fingerprint density at radius 1 is 0.968 bits per heavy atom. The zero-order valence-electron chi connectivity index (χ0n) is 15.6. The van der Waals surface area contributed by atoms with Crippen molar-refractivity contribution >= 4 is 32.5 Å². The first-order valence-corrected chi connectivity index (χ1v) is 10.9. The molecule has 0 atom stereocenters. The van der Waals surface area contributed by atoms with Crippen molar-refractivity contribution in [1.82, 2.24) is 14.5 Å². The molecule has 2 heterocycles. The average molecular weight is 466 g/mol. The predicted octanol–water partition coefficient (Wildman–Crippen LogP) is 3.92. The summed E-state index contributed by atoms with van der Waals surface area (Å²) in [6.45, 7) is 0. The van der Waals surface area contributed by atoms with Crippen molar-refractivity contribution in [2.24, 2.45) is 0 Å².